The number of rotatable bonds is 9. The van der Waals surface area contributed by atoms with Crippen LogP contribution >= 0.6 is 0 Å². The number of benzene rings is 3. The number of nitrogens with zero attached hydrogens (tertiary/aromatic N) is 1. The van der Waals surface area contributed by atoms with Crippen molar-refractivity contribution in [2.75, 3.05) is 31.6 Å². The zero-order chi connectivity index (χ0) is 25.5. The lowest BCUT2D eigenvalue weighted by atomic mass is 9.95. The highest BCUT2D eigenvalue weighted by molar-refractivity contribution is 5.97. The van der Waals surface area contributed by atoms with Gasteiger partial charge >= 0.3 is 0 Å². The second-order valence-electron chi connectivity index (χ2n) is 9.95. The zero-order valence-electron chi connectivity index (χ0n) is 21.2. The molecule has 5 rings (SSSR count). The Morgan fingerprint density at radius 2 is 1.70 bits per heavy atom. The first-order valence-electron chi connectivity index (χ1n) is 13.4. The molecule has 0 saturated carbocycles. The highest BCUT2D eigenvalue weighted by atomic mass is 16.5. The third kappa shape index (κ3) is 6.77. The van der Waals surface area contributed by atoms with Crippen molar-refractivity contribution in [3.05, 3.63) is 83.9 Å². The number of carbonyl (C=O) groups is 2. The summed E-state index contributed by atoms with van der Waals surface area (Å²) >= 11 is 0. The Morgan fingerprint density at radius 3 is 2.46 bits per heavy atom. The van der Waals surface area contributed by atoms with Gasteiger partial charge in [0.05, 0.1) is 0 Å². The largest absolute Gasteiger partial charge is 0.492 e. The molecule has 2 heterocycles. The highest BCUT2D eigenvalue weighted by Gasteiger charge is 2.24. The van der Waals surface area contributed by atoms with Crippen molar-refractivity contribution in [1.82, 2.24) is 10.2 Å². The summed E-state index contributed by atoms with van der Waals surface area (Å²) < 4.78 is 5.96. The van der Waals surface area contributed by atoms with E-state index in [4.69, 9.17) is 4.74 Å². The molecule has 2 aliphatic rings. The van der Waals surface area contributed by atoms with Gasteiger partial charge in [0.15, 0.2) is 0 Å². The summed E-state index contributed by atoms with van der Waals surface area (Å²) in [5.41, 5.74) is 5.48. The van der Waals surface area contributed by atoms with E-state index in [2.05, 4.69) is 64.1 Å². The number of hydrogen-bond acceptors (Lipinski definition) is 4. The molecule has 0 bridgehead atoms. The molecule has 2 aliphatic heterocycles. The van der Waals surface area contributed by atoms with Gasteiger partial charge < -0.3 is 15.4 Å². The molecule has 0 aliphatic carbocycles. The van der Waals surface area contributed by atoms with Gasteiger partial charge in [-0.3, -0.25) is 14.5 Å². The van der Waals surface area contributed by atoms with Crippen LogP contribution < -0.4 is 15.4 Å². The quantitative estimate of drug-likeness (QED) is 0.435. The first kappa shape index (κ1) is 25.0. The predicted molar refractivity (Wildman–Crippen MR) is 147 cm³/mol. The maximum Gasteiger partial charge on any atom is 0.246 e. The van der Waals surface area contributed by atoms with Gasteiger partial charge in [-0.2, -0.15) is 0 Å². The Kier molecular flexibility index (Phi) is 8.16. The van der Waals surface area contributed by atoms with Crippen molar-refractivity contribution in [2.24, 2.45) is 0 Å². The highest BCUT2D eigenvalue weighted by Crippen LogP contribution is 2.28. The second kappa shape index (κ2) is 12.1. The van der Waals surface area contributed by atoms with E-state index in [-0.39, 0.29) is 11.8 Å². The van der Waals surface area contributed by atoms with Gasteiger partial charge in [-0.25, -0.2) is 0 Å². The molecule has 3 aromatic carbocycles. The number of ether oxygens (including phenoxy) is 1. The van der Waals surface area contributed by atoms with Gasteiger partial charge in [0.25, 0.3) is 0 Å². The van der Waals surface area contributed by atoms with E-state index >= 15 is 0 Å². The lowest BCUT2D eigenvalue weighted by molar-refractivity contribution is -0.128. The van der Waals surface area contributed by atoms with Crippen molar-refractivity contribution in [3.8, 4) is 16.9 Å². The normalized spacial score (nSPS) is 17.8. The third-order valence-corrected chi connectivity index (χ3v) is 7.22. The second-order valence-corrected chi connectivity index (χ2v) is 9.95. The van der Waals surface area contributed by atoms with Gasteiger partial charge in [-0.05, 0) is 91.7 Å². The molecule has 0 spiro atoms. The Morgan fingerprint density at radius 1 is 0.946 bits per heavy atom. The molecule has 1 atom stereocenters. The van der Waals surface area contributed by atoms with Crippen molar-refractivity contribution in [3.63, 3.8) is 0 Å². The third-order valence-electron chi connectivity index (χ3n) is 7.22. The predicted octanol–water partition coefficient (Wildman–Crippen LogP) is 5.03. The Hall–Kier alpha value is -3.64. The molecule has 0 radical (unpaired) electrons. The summed E-state index contributed by atoms with van der Waals surface area (Å²) in [6.07, 6.45) is 5.35. The van der Waals surface area contributed by atoms with E-state index < -0.39 is 6.04 Å². The van der Waals surface area contributed by atoms with Crippen LogP contribution in [-0.4, -0.2) is 49.0 Å². The van der Waals surface area contributed by atoms with Crippen LogP contribution in [0.3, 0.4) is 0 Å². The molecule has 37 heavy (non-hydrogen) atoms. The number of hydrogen-bond donors (Lipinski definition) is 2. The molecule has 6 nitrogen and oxygen atoms in total. The SMILES string of the molecule is O=C1CCCC(C(=O)Nc2ccc(-c3ccccc3Cc3ccc(OCCN4CCCC4)cc3)cc2)N1. The molecule has 2 N–H and O–H groups in total. The zero-order valence-corrected chi connectivity index (χ0v) is 21.2. The summed E-state index contributed by atoms with van der Waals surface area (Å²) in [7, 11) is 0. The number of likely N-dealkylation sites (tertiary alicyclic amines) is 1. The topological polar surface area (TPSA) is 70.7 Å². The van der Waals surface area contributed by atoms with Crippen molar-refractivity contribution in [2.45, 2.75) is 44.6 Å². The average Bonchev–Trinajstić information content (AvgIpc) is 3.44. The molecule has 6 heteroatoms. The van der Waals surface area contributed by atoms with Crippen molar-refractivity contribution < 1.29 is 14.3 Å². The van der Waals surface area contributed by atoms with Gasteiger partial charge in [-0.15, -0.1) is 0 Å². The van der Waals surface area contributed by atoms with Gasteiger partial charge in [0, 0.05) is 18.7 Å². The molecule has 192 valence electrons. The lowest BCUT2D eigenvalue weighted by Crippen LogP contribution is -2.46. The minimum absolute atomic E-state index is 0.0574. The van der Waals surface area contributed by atoms with Crippen LogP contribution in [0.1, 0.15) is 43.2 Å². The maximum absolute atomic E-state index is 12.5. The fourth-order valence-corrected chi connectivity index (χ4v) is 5.14. The van der Waals surface area contributed by atoms with E-state index in [1.165, 1.54) is 42.6 Å². The Bertz CT molecular complexity index is 1200. The number of amides is 2. The summed E-state index contributed by atoms with van der Waals surface area (Å²) in [5.74, 6) is 0.698. The van der Waals surface area contributed by atoms with Gasteiger partial charge in [0.1, 0.15) is 18.4 Å². The van der Waals surface area contributed by atoms with E-state index in [9.17, 15) is 9.59 Å². The summed E-state index contributed by atoms with van der Waals surface area (Å²) in [4.78, 5) is 26.6. The molecule has 3 aromatic rings. The van der Waals surface area contributed by atoms with Gasteiger partial charge in [-0.1, -0.05) is 48.5 Å². The van der Waals surface area contributed by atoms with E-state index in [1.54, 1.807) is 0 Å². The van der Waals surface area contributed by atoms with Crippen LogP contribution in [-0.2, 0) is 16.0 Å². The summed E-state index contributed by atoms with van der Waals surface area (Å²) in [6.45, 7) is 4.11. The average molecular weight is 498 g/mol. The van der Waals surface area contributed by atoms with Crippen LogP contribution in [0, 0.1) is 0 Å². The fraction of sp³-hybridized carbons (Fsp3) is 0.355. The lowest BCUT2D eigenvalue weighted by Gasteiger charge is -2.22. The summed E-state index contributed by atoms with van der Waals surface area (Å²) in [6, 6.07) is 24.3. The first-order valence-corrected chi connectivity index (χ1v) is 13.4. The number of piperidine rings is 1. The minimum Gasteiger partial charge on any atom is -0.492 e. The van der Waals surface area contributed by atoms with Crippen LogP contribution in [0.4, 0.5) is 5.69 Å². The number of nitrogens with one attached hydrogen (secondary N) is 2. The molecule has 1 unspecified atom stereocenters. The van der Waals surface area contributed by atoms with Crippen LogP contribution in [0.5, 0.6) is 5.75 Å². The Balaban J connectivity index is 1.19. The van der Waals surface area contributed by atoms with E-state index in [1.807, 2.05) is 24.3 Å². The summed E-state index contributed by atoms with van der Waals surface area (Å²) in [5, 5.41) is 5.70. The van der Waals surface area contributed by atoms with Gasteiger partial charge in [0.2, 0.25) is 11.8 Å². The molecule has 2 saturated heterocycles. The smallest absolute Gasteiger partial charge is 0.246 e. The van der Waals surface area contributed by atoms with Crippen molar-refractivity contribution >= 4 is 17.5 Å². The molecule has 2 amide bonds. The fourth-order valence-electron chi connectivity index (χ4n) is 5.14. The van der Waals surface area contributed by atoms with E-state index in [0.29, 0.717) is 12.8 Å². The Labute approximate surface area is 219 Å². The van der Waals surface area contributed by atoms with Crippen LogP contribution in [0.25, 0.3) is 11.1 Å². The van der Waals surface area contributed by atoms with Crippen LogP contribution in [0.15, 0.2) is 72.8 Å². The molecule has 2 fully saturated rings. The first-order chi connectivity index (χ1) is 18.1. The standard InChI is InChI=1S/C31H35N3O3/c35-30-9-5-8-29(33-30)31(36)32-26-14-12-24(13-15-26)28-7-2-1-6-25(28)22-23-10-16-27(17-11-23)37-21-20-34-18-3-4-19-34/h1-2,6-7,10-17,29H,3-5,8-9,18-22H2,(H,32,36)(H,33,35). The molecule has 0 aromatic heterocycles. The number of anilines is 1. The molecular formula is C31H35N3O3. The van der Waals surface area contributed by atoms with E-state index in [0.717, 1.165) is 43.0 Å². The monoisotopic (exact) mass is 497 g/mol. The maximum atomic E-state index is 12.5. The number of carbonyl (C=O) groups excluding carboxylic acids is 2. The van der Waals surface area contributed by atoms with Crippen LogP contribution in [0.2, 0.25) is 0 Å². The minimum atomic E-state index is -0.455. The van der Waals surface area contributed by atoms with Crippen molar-refractivity contribution in [1.29, 1.82) is 0 Å². The molecular weight excluding hydrogens is 462 g/mol.